The molecule has 1 unspecified atom stereocenters. The maximum atomic E-state index is 12.5. The number of hydrogen-bond donors (Lipinski definition) is 1. The third-order valence-corrected chi connectivity index (χ3v) is 6.08. The highest BCUT2D eigenvalue weighted by Crippen LogP contribution is 2.35. The zero-order chi connectivity index (χ0) is 21.8. The maximum absolute atomic E-state index is 12.5. The zero-order valence-electron chi connectivity index (χ0n) is 18.2. The van der Waals surface area contributed by atoms with E-state index in [4.69, 9.17) is 14.2 Å². The molecule has 1 heterocycles. The van der Waals surface area contributed by atoms with Crippen molar-refractivity contribution in [1.29, 1.82) is 0 Å². The standard InChI is InChI=1S/C20H33NO6Si/c1-9-20(24,11-17(23)27-19(2,3)4)15-10-16(28(6,7)8)21-18(25-5)14(15)12-26-13-22/h10,13,24H,9,11-12H2,1-8H3. The molecule has 7 nitrogen and oxygen atoms in total. The predicted molar refractivity (Wildman–Crippen MR) is 109 cm³/mol. The average Bonchev–Trinajstić information content (AvgIpc) is 2.56. The minimum atomic E-state index is -1.87. The molecule has 1 rings (SSSR count). The van der Waals surface area contributed by atoms with Gasteiger partial charge in [-0.2, -0.15) is 0 Å². The second kappa shape index (κ2) is 9.04. The van der Waals surface area contributed by atoms with E-state index in [0.717, 1.165) is 5.32 Å². The van der Waals surface area contributed by atoms with Crippen molar-refractivity contribution >= 4 is 25.8 Å². The smallest absolute Gasteiger partial charge is 0.309 e. The Hall–Kier alpha value is -1.93. The highest BCUT2D eigenvalue weighted by Gasteiger charge is 2.37. The Morgan fingerprint density at radius 2 is 1.89 bits per heavy atom. The van der Waals surface area contributed by atoms with Gasteiger partial charge < -0.3 is 19.3 Å². The van der Waals surface area contributed by atoms with Crippen LogP contribution in [0.5, 0.6) is 5.88 Å². The van der Waals surface area contributed by atoms with E-state index in [1.807, 2.05) is 6.07 Å². The monoisotopic (exact) mass is 411 g/mol. The van der Waals surface area contributed by atoms with Crippen molar-refractivity contribution in [3.8, 4) is 5.88 Å². The summed E-state index contributed by atoms with van der Waals surface area (Å²) in [4.78, 5) is 27.8. The summed E-state index contributed by atoms with van der Waals surface area (Å²) in [5.74, 6) is -0.225. The quantitative estimate of drug-likeness (QED) is 0.379. The van der Waals surface area contributed by atoms with Crippen LogP contribution in [0.1, 0.15) is 51.7 Å². The van der Waals surface area contributed by atoms with Gasteiger partial charge in [0.25, 0.3) is 6.47 Å². The zero-order valence-corrected chi connectivity index (χ0v) is 19.2. The first-order chi connectivity index (χ1) is 12.8. The van der Waals surface area contributed by atoms with Crippen LogP contribution in [0.3, 0.4) is 0 Å². The first-order valence-electron chi connectivity index (χ1n) is 9.35. The molecular weight excluding hydrogens is 378 g/mol. The molecule has 0 saturated carbocycles. The Morgan fingerprint density at radius 3 is 2.32 bits per heavy atom. The van der Waals surface area contributed by atoms with Crippen molar-refractivity contribution in [3.63, 3.8) is 0 Å². The van der Waals surface area contributed by atoms with Crippen molar-refractivity contribution in [3.05, 3.63) is 17.2 Å². The van der Waals surface area contributed by atoms with E-state index in [1.54, 1.807) is 27.7 Å². The molecule has 0 amide bonds. The molecule has 158 valence electrons. The molecule has 0 aliphatic rings. The minimum Gasteiger partial charge on any atom is -0.481 e. The second-order valence-electron chi connectivity index (χ2n) is 8.85. The van der Waals surface area contributed by atoms with Crippen LogP contribution >= 0.6 is 0 Å². The lowest BCUT2D eigenvalue weighted by atomic mass is 9.85. The number of aromatic nitrogens is 1. The lowest BCUT2D eigenvalue weighted by molar-refractivity contribution is -0.161. The number of esters is 1. The van der Waals surface area contributed by atoms with E-state index in [1.165, 1.54) is 7.11 Å². The van der Waals surface area contributed by atoms with E-state index >= 15 is 0 Å². The number of hydrogen-bond acceptors (Lipinski definition) is 7. The summed E-state index contributed by atoms with van der Waals surface area (Å²) in [6.07, 6.45) is 0.0335. The molecule has 1 aromatic rings. The minimum absolute atomic E-state index is 0.113. The fourth-order valence-corrected chi connectivity index (χ4v) is 3.81. The molecule has 0 fully saturated rings. The molecule has 8 heteroatoms. The third kappa shape index (κ3) is 6.30. The van der Waals surface area contributed by atoms with Crippen LogP contribution in [0.2, 0.25) is 19.6 Å². The van der Waals surface area contributed by atoms with E-state index in [9.17, 15) is 14.7 Å². The van der Waals surface area contributed by atoms with E-state index in [0.29, 0.717) is 17.6 Å². The summed E-state index contributed by atoms with van der Waals surface area (Å²) in [6.45, 7) is 13.7. The van der Waals surface area contributed by atoms with Crippen LogP contribution in [0.4, 0.5) is 0 Å². The van der Waals surface area contributed by atoms with E-state index < -0.39 is 25.2 Å². The third-order valence-electron chi connectivity index (χ3n) is 4.29. The largest absolute Gasteiger partial charge is 0.481 e. The highest BCUT2D eigenvalue weighted by atomic mass is 28.3. The lowest BCUT2D eigenvalue weighted by Crippen LogP contribution is -2.42. The van der Waals surface area contributed by atoms with Crippen molar-refractivity contribution in [2.75, 3.05) is 7.11 Å². The molecule has 1 N–H and O–H groups in total. The average molecular weight is 412 g/mol. The number of ether oxygens (including phenoxy) is 3. The SMILES string of the molecule is CCC(O)(CC(=O)OC(C)(C)C)c1cc([Si](C)(C)C)nc(OC)c1COC=O. The van der Waals surface area contributed by atoms with Gasteiger partial charge in [-0.3, -0.25) is 9.59 Å². The fraction of sp³-hybridized carbons (Fsp3) is 0.650. The van der Waals surface area contributed by atoms with Gasteiger partial charge in [0.2, 0.25) is 5.88 Å². The molecule has 28 heavy (non-hydrogen) atoms. The van der Waals surface area contributed by atoms with Gasteiger partial charge in [0.1, 0.15) is 25.9 Å². The highest BCUT2D eigenvalue weighted by molar-refractivity contribution is 6.88. The first-order valence-corrected chi connectivity index (χ1v) is 12.9. The Labute approximate surface area is 168 Å². The molecular formula is C20H33NO6Si. The first kappa shape index (κ1) is 24.1. The van der Waals surface area contributed by atoms with Crippen molar-refractivity contribution < 1.29 is 28.9 Å². The Morgan fingerprint density at radius 1 is 1.29 bits per heavy atom. The van der Waals surface area contributed by atoms with Crippen molar-refractivity contribution in [2.24, 2.45) is 0 Å². The number of methoxy groups -OCH3 is 1. The Balaban J connectivity index is 3.56. The number of nitrogens with zero attached hydrogens (tertiary/aromatic N) is 1. The molecule has 0 radical (unpaired) electrons. The van der Waals surface area contributed by atoms with Crippen LogP contribution in [0, 0.1) is 0 Å². The maximum Gasteiger partial charge on any atom is 0.309 e. The summed E-state index contributed by atoms with van der Waals surface area (Å²) in [5.41, 5.74) is -1.24. The summed E-state index contributed by atoms with van der Waals surface area (Å²) >= 11 is 0. The summed E-state index contributed by atoms with van der Waals surface area (Å²) in [5, 5.41) is 12.3. The van der Waals surface area contributed by atoms with Gasteiger partial charge in [-0.25, -0.2) is 4.98 Å². The Kier molecular flexibility index (Phi) is 7.79. The van der Waals surface area contributed by atoms with Gasteiger partial charge in [-0.15, -0.1) is 0 Å². The van der Waals surface area contributed by atoms with Crippen molar-refractivity contribution in [1.82, 2.24) is 4.98 Å². The molecule has 0 aliphatic heterocycles. The van der Waals surface area contributed by atoms with Crippen molar-refractivity contribution in [2.45, 2.75) is 78.0 Å². The second-order valence-corrected chi connectivity index (χ2v) is 13.9. The number of aliphatic hydroxyl groups is 1. The molecule has 1 atom stereocenters. The normalized spacial score (nSPS) is 14.2. The van der Waals surface area contributed by atoms with Crippen LogP contribution in [-0.2, 0) is 31.3 Å². The van der Waals surface area contributed by atoms with Gasteiger partial charge in [-0.1, -0.05) is 26.6 Å². The Bertz CT molecular complexity index is 708. The van der Waals surface area contributed by atoms with Crippen LogP contribution < -0.4 is 10.1 Å². The molecule has 0 saturated heterocycles. The summed E-state index contributed by atoms with van der Waals surface area (Å²) in [7, 11) is -0.389. The molecule has 0 aliphatic carbocycles. The van der Waals surface area contributed by atoms with Crippen LogP contribution in [0.15, 0.2) is 6.07 Å². The molecule has 1 aromatic heterocycles. The van der Waals surface area contributed by atoms with Gasteiger partial charge >= 0.3 is 5.97 Å². The van der Waals surface area contributed by atoms with E-state index in [2.05, 4.69) is 24.6 Å². The van der Waals surface area contributed by atoms with Gasteiger partial charge in [-0.05, 0) is 38.8 Å². The van der Waals surface area contributed by atoms with Gasteiger partial charge in [0.15, 0.2) is 0 Å². The van der Waals surface area contributed by atoms with Crippen LogP contribution in [0.25, 0.3) is 0 Å². The predicted octanol–water partition coefficient (Wildman–Crippen LogP) is 2.64. The number of carbonyl (C=O) groups excluding carboxylic acids is 2. The number of pyridine rings is 1. The molecule has 0 aromatic carbocycles. The molecule has 0 spiro atoms. The summed E-state index contributed by atoms with van der Waals surface area (Å²) < 4.78 is 15.8. The fourth-order valence-electron chi connectivity index (χ4n) is 2.80. The topological polar surface area (TPSA) is 95.0 Å². The van der Waals surface area contributed by atoms with Gasteiger partial charge in [0.05, 0.1) is 19.1 Å². The van der Waals surface area contributed by atoms with Gasteiger partial charge in [0, 0.05) is 5.32 Å². The number of rotatable bonds is 9. The molecule has 0 bridgehead atoms. The van der Waals surface area contributed by atoms with E-state index in [-0.39, 0.29) is 25.3 Å². The lowest BCUT2D eigenvalue weighted by Gasteiger charge is -2.32. The number of carbonyl (C=O) groups is 2. The van der Waals surface area contributed by atoms with Crippen LogP contribution in [-0.4, -0.2) is 43.3 Å². The summed E-state index contributed by atoms with van der Waals surface area (Å²) in [6, 6.07) is 1.81.